The highest BCUT2D eigenvalue weighted by Crippen LogP contribution is 2.05. The predicted molar refractivity (Wildman–Crippen MR) is 64.6 cm³/mol. The molecule has 1 atom stereocenters. The van der Waals surface area contributed by atoms with E-state index in [1.54, 1.807) is 11.0 Å². The number of nitrogens with one attached hydrogen (secondary N) is 1. The molecule has 0 fully saturated rings. The Morgan fingerprint density at radius 3 is 2.59 bits per heavy atom. The van der Waals surface area contributed by atoms with E-state index in [1.165, 1.54) is 6.33 Å². The predicted octanol–water partition coefficient (Wildman–Crippen LogP) is 1.19. The molecule has 0 saturated heterocycles. The Hall–Kier alpha value is -1.98. The number of anilines is 1. The molecule has 1 unspecified atom stereocenters. The zero-order valence-electron chi connectivity index (χ0n) is 10.3. The van der Waals surface area contributed by atoms with Gasteiger partial charge in [-0.1, -0.05) is 0 Å². The Labute approximate surface area is 100 Å². The van der Waals surface area contributed by atoms with Crippen molar-refractivity contribution in [2.75, 3.05) is 5.32 Å². The molecule has 0 amide bonds. The molecular formula is C11H16N6. The highest BCUT2D eigenvalue weighted by molar-refractivity contribution is 5.28. The first kappa shape index (κ1) is 11.5. The molecule has 2 rings (SSSR count). The summed E-state index contributed by atoms with van der Waals surface area (Å²) in [5, 5.41) is 7.31. The molecule has 0 radical (unpaired) electrons. The van der Waals surface area contributed by atoms with Crippen LogP contribution in [0.3, 0.4) is 0 Å². The molecule has 0 spiro atoms. The Morgan fingerprint density at radius 1 is 1.29 bits per heavy atom. The van der Waals surface area contributed by atoms with Gasteiger partial charge in [0.05, 0.1) is 6.54 Å². The lowest BCUT2D eigenvalue weighted by molar-refractivity contribution is 0.556. The van der Waals surface area contributed by atoms with Crippen LogP contribution in [0.1, 0.15) is 18.3 Å². The average molecular weight is 232 g/mol. The molecule has 0 aliphatic carbocycles. The van der Waals surface area contributed by atoms with Crippen molar-refractivity contribution in [3.8, 4) is 0 Å². The van der Waals surface area contributed by atoms with Gasteiger partial charge in [0, 0.05) is 17.4 Å². The fraction of sp³-hybridized carbons (Fsp3) is 0.455. The lowest BCUT2D eigenvalue weighted by Gasteiger charge is -2.14. The van der Waals surface area contributed by atoms with Crippen LogP contribution >= 0.6 is 0 Å². The van der Waals surface area contributed by atoms with E-state index in [0.29, 0.717) is 5.95 Å². The average Bonchev–Trinajstić information content (AvgIpc) is 2.67. The van der Waals surface area contributed by atoms with Crippen LogP contribution in [0.25, 0.3) is 0 Å². The Morgan fingerprint density at radius 2 is 2.00 bits per heavy atom. The Kier molecular flexibility index (Phi) is 3.32. The van der Waals surface area contributed by atoms with Gasteiger partial charge in [0.25, 0.3) is 0 Å². The second-order valence-corrected chi connectivity index (χ2v) is 4.14. The van der Waals surface area contributed by atoms with Gasteiger partial charge in [0.2, 0.25) is 5.95 Å². The van der Waals surface area contributed by atoms with Gasteiger partial charge in [-0.2, -0.15) is 5.10 Å². The lowest BCUT2D eigenvalue weighted by atomic mass is 10.3. The summed E-state index contributed by atoms with van der Waals surface area (Å²) in [6.07, 6.45) is 3.22. The third-order valence-corrected chi connectivity index (χ3v) is 2.29. The van der Waals surface area contributed by atoms with Crippen LogP contribution < -0.4 is 5.32 Å². The third kappa shape index (κ3) is 3.24. The monoisotopic (exact) mass is 232 g/mol. The molecule has 0 aliphatic rings. The van der Waals surface area contributed by atoms with Crippen LogP contribution in [0, 0.1) is 13.8 Å². The van der Waals surface area contributed by atoms with Gasteiger partial charge in [-0.3, -0.25) is 4.68 Å². The molecule has 1 N–H and O–H groups in total. The molecule has 2 heterocycles. The summed E-state index contributed by atoms with van der Waals surface area (Å²) in [7, 11) is 0. The second-order valence-electron chi connectivity index (χ2n) is 4.14. The molecular weight excluding hydrogens is 216 g/mol. The second kappa shape index (κ2) is 4.90. The first-order chi connectivity index (χ1) is 8.13. The van der Waals surface area contributed by atoms with Crippen molar-refractivity contribution in [1.29, 1.82) is 0 Å². The summed E-state index contributed by atoms with van der Waals surface area (Å²) in [5.41, 5.74) is 1.93. The van der Waals surface area contributed by atoms with Gasteiger partial charge < -0.3 is 5.32 Å². The smallest absolute Gasteiger partial charge is 0.223 e. The fourth-order valence-corrected chi connectivity index (χ4v) is 1.66. The molecule has 6 heteroatoms. The van der Waals surface area contributed by atoms with Crippen LogP contribution in [-0.4, -0.2) is 30.8 Å². The van der Waals surface area contributed by atoms with Crippen molar-refractivity contribution < 1.29 is 0 Å². The molecule has 0 bridgehead atoms. The first-order valence-electron chi connectivity index (χ1n) is 5.55. The maximum absolute atomic E-state index is 4.34. The largest absolute Gasteiger partial charge is 0.350 e. The van der Waals surface area contributed by atoms with Gasteiger partial charge in [-0.05, 0) is 26.8 Å². The quantitative estimate of drug-likeness (QED) is 0.857. The molecule has 0 aliphatic heterocycles. The Balaban J connectivity index is 2.00. The Bertz CT molecular complexity index is 458. The zero-order chi connectivity index (χ0) is 12.3. The van der Waals surface area contributed by atoms with Crippen LogP contribution in [0.2, 0.25) is 0 Å². The lowest BCUT2D eigenvalue weighted by Crippen LogP contribution is -2.23. The molecule has 17 heavy (non-hydrogen) atoms. The van der Waals surface area contributed by atoms with E-state index in [-0.39, 0.29) is 6.04 Å². The normalized spacial score (nSPS) is 12.4. The molecule has 2 aromatic heterocycles. The van der Waals surface area contributed by atoms with E-state index >= 15 is 0 Å². The third-order valence-electron chi connectivity index (χ3n) is 2.29. The van der Waals surface area contributed by atoms with Gasteiger partial charge in [0.1, 0.15) is 12.7 Å². The minimum Gasteiger partial charge on any atom is -0.350 e. The van der Waals surface area contributed by atoms with Crippen molar-refractivity contribution in [2.24, 2.45) is 0 Å². The van der Waals surface area contributed by atoms with Crippen molar-refractivity contribution >= 4 is 5.95 Å². The van der Waals surface area contributed by atoms with Crippen LogP contribution in [-0.2, 0) is 6.54 Å². The minimum atomic E-state index is 0.192. The van der Waals surface area contributed by atoms with E-state index in [9.17, 15) is 0 Å². The highest BCUT2D eigenvalue weighted by atomic mass is 15.3. The summed E-state index contributed by atoms with van der Waals surface area (Å²) in [4.78, 5) is 12.6. The fourth-order valence-electron chi connectivity index (χ4n) is 1.66. The SMILES string of the molecule is Cc1cc(C)nc(NC(C)Cn2cncn2)n1. The van der Waals surface area contributed by atoms with Crippen molar-refractivity contribution in [3.63, 3.8) is 0 Å². The molecule has 0 saturated carbocycles. The van der Waals surface area contributed by atoms with E-state index < -0.39 is 0 Å². The summed E-state index contributed by atoms with van der Waals surface area (Å²) < 4.78 is 1.78. The van der Waals surface area contributed by atoms with E-state index in [1.807, 2.05) is 19.9 Å². The maximum Gasteiger partial charge on any atom is 0.223 e. The van der Waals surface area contributed by atoms with Gasteiger partial charge in [-0.15, -0.1) is 0 Å². The van der Waals surface area contributed by atoms with Gasteiger partial charge in [0.15, 0.2) is 0 Å². The van der Waals surface area contributed by atoms with E-state index in [2.05, 4.69) is 32.3 Å². The summed E-state index contributed by atoms with van der Waals surface area (Å²) in [6.45, 7) is 6.71. The van der Waals surface area contributed by atoms with E-state index in [4.69, 9.17) is 0 Å². The van der Waals surface area contributed by atoms with E-state index in [0.717, 1.165) is 17.9 Å². The summed E-state index contributed by atoms with van der Waals surface area (Å²) in [5.74, 6) is 0.662. The van der Waals surface area contributed by atoms with Gasteiger partial charge in [-0.25, -0.2) is 15.0 Å². The van der Waals surface area contributed by atoms with Gasteiger partial charge >= 0.3 is 0 Å². The summed E-state index contributed by atoms with van der Waals surface area (Å²) in [6, 6.07) is 2.14. The number of rotatable bonds is 4. The van der Waals surface area contributed by atoms with Crippen LogP contribution in [0.15, 0.2) is 18.7 Å². The highest BCUT2D eigenvalue weighted by Gasteiger charge is 2.06. The van der Waals surface area contributed by atoms with Crippen molar-refractivity contribution in [3.05, 3.63) is 30.1 Å². The first-order valence-corrected chi connectivity index (χ1v) is 5.55. The zero-order valence-corrected chi connectivity index (χ0v) is 10.3. The van der Waals surface area contributed by atoms with Crippen LogP contribution in [0.4, 0.5) is 5.95 Å². The number of aryl methyl sites for hydroxylation is 2. The van der Waals surface area contributed by atoms with Crippen LogP contribution in [0.5, 0.6) is 0 Å². The molecule has 2 aromatic rings. The van der Waals surface area contributed by atoms with Crippen molar-refractivity contribution in [1.82, 2.24) is 24.7 Å². The number of nitrogens with zero attached hydrogens (tertiary/aromatic N) is 5. The standard InChI is InChI=1S/C11H16N6/c1-8-4-9(2)15-11(14-8)16-10(3)5-17-7-12-6-13-17/h4,6-7,10H,5H2,1-3H3,(H,14,15,16). The topological polar surface area (TPSA) is 68.5 Å². The minimum absolute atomic E-state index is 0.192. The molecule has 90 valence electrons. The molecule has 0 aromatic carbocycles. The number of hydrogen-bond acceptors (Lipinski definition) is 5. The number of hydrogen-bond donors (Lipinski definition) is 1. The number of aromatic nitrogens is 5. The summed E-state index contributed by atoms with van der Waals surface area (Å²) >= 11 is 0. The maximum atomic E-state index is 4.34. The van der Waals surface area contributed by atoms with Crippen molar-refractivity contribution in [2.45, 2.75) is 33.4 Å². The molecule has 6 nitrogen and oxygen atoms in total.